The van der Waals surface area contributed by atoms with Crippen molar-refractivity contribution >= 4 is 27.4 Å². The molecule has 0 aromatic heterocycles. The van der Waals surface area contributed by atoms with Gasteiger partial charge in [0.25, 0.3) is 0 Å². The normalized spacial score (nSPS) is 17.2. The summed E-state index contributed by atoms with van der Waals surface area (Å²) < 4.78 is 43.8. The van der Waals surface area contributed by atoms with Crippen LogP contribution in [0.25, 0.3) is 0 Å². The molecule has 7 nitrogen and oxygen atoms in total. The van der Waals surface area contributed by atoms with Crippen LogP contribution in [-0.4, -0.2) is 49.1 Å². The van der Waals surface area contributed by atoms with E-state index in [1.807, 2.05) is 0 Å². The Labute approximate surface area is 138 Å². The molecule has 24 heavy (non-hydrogen) atoms. The van der Waals surface area contributed by atoms with Crippen molar-refractivity contribution in [3.05, 3.63) is 29.6 Å². The molecule has 1 aromatic carbocycles. The fourth-order valence-electron chi connectivity index (χ4n) is 2.43. The lowest BCUT2D eigenvalue weighted by Crippen LogP contribution is -2.41. The molecule has 0 saturated carbocycles. The molecule has 1 saturated heterocycles. The number of carboxylic acids is 1. The van der Waals surface area contributed by atoms with Gasteiger partial charge in [-0.05, 0) is 38.0 Å². The van der Waals surface area contributed by atoms with Gasteiger partial charge in [-0.15, -0.1) is 0 Å². The maximum Gasteiger partial charge on any atom is 0.335 e. The van der Waals surface area contributed by atoms with Gasteiger partial charge in [0, 0.05) is 13.2 Å². The minimum absolute atomic E-state index is 0.216. The molecule has 0 spiro atoms. The largest absolute Gasteiger partial charge is 0.478 e. The third-order valence-corrected chi connectivity index (χ3v) is 6.57. The predicted molar refractivity (Wildman–Crippen MR) is 84.2 cm³/mol. The highest BCUT2D eigenvalue weighted by Crippen LogP contribution is 2.22. The van der Waals surface area contributed by atoms with Crippen molar-refractivity contribution < 1.29 is 32.2 Å². The number of halogens is 1. The van der Waals surface area contributed by atoms with E-state index < -0.39 is 38.0 Å². The highest BCUT2D eigenvalue weighted by molar-refractivity contribution is 7.93. The van der Waals surface area contributed by atoms with Gasteiger partial charge in [0.1, 0.15) is 11.1 Å². The molecule has 1 aliphatic heterocycles. The molecular weight excluding hydrogens is 341 g/mol. The number of carbonyl (C=O) groups excluding carboxylic acids is 1. The van der Waals surface area contributed by atoms with Gasteiger partial charge in [0.2, 0.25) is 5.91 Å². The quantitative estimate of drug-likeness (QED) is 0.823. The second-order valence-electron chi connectivity index (χ2n) is 5.53. The molecule has 0 bridgehead atoms. The zero-order valence-corrected chi connectivity index (χ0v) is 13.8. The Morgan fingerprint density at radius 1 is 1.33 bits per heavy atom. The summed E-state index contributed by atoms with van der Waals surface area (Å²) in [6, 6.07) is 2.90. The molecule has 1 aromatic rings. The van der Waals surface area contributed by atoms with Crippen molar-refractivity contribution in [2.75, 3.05) is 18.5 Å². The van der Waals surface area contributed by atoms with Crippen LogP contribution >= 0.6 is 0 Å². The van der Waals surface area contributed by atoms with E-state index in [1.165, 1.54) is 6.92 Å². The Morgan fingerprint density at radius 3 is 2.54 bits per heavy atom. The van der Waals surface area contributed by atoms with Crippen molar-refractivity contribution in [2.24, 2.45) is 0 Å². The van der Waals surface area contributed by atoms with Crippen LogP contribution < -0.4 is 5.32 Å². The van der Waals surface area contributed by atoms with E-state index in [0.29, 0.717) is 26.1 Å². The van der Waals surface area contributed by atoms with Crippen LogP contribution in [0.15, 0.2) is 18.2 Å². The standard InChI is InChI=1S/C15H18FNO6S/c1-9(24(21,22)11-4-6-23-7-5-11)14(18)17-13-8-10(15(19)20)2-3-12(13)16/h2-3,8-9,11H,4-7H2,1H3,(H,17,18)(H,19,20). The van der Waals surface area contributed by atoms with Crippen molar-refractivity contribution in [2.45, 2.75) is 30.3 Å². The smallest absolute Gasteiger partial charge is 0.335 e. The fourth-order valence-corrected chi connectivity index (χ4v) is 4.22. The summed E-state index contributed by atoms with van der Waals surface area (Å²) in [5.41, 5.74) is -0.583. The van der Waals surface area contributed by atoms with Crippen LogP contribution in [0.5, 0.6) is 0 Å². The maximum absolute atomic E-state index is 13.7. The van der Waals surface area contributed by atoms with Crippen molar-refractivity contribution in [1.29, 1.82) is 0 Å². The summed E-state index contributed by atoms with van der Waals surface area (Å²) in [6.07, 6.45) is 0.617. The summed E-state index contributed by atoms with van der Waals surface area (Å²) in [4.78, 5) is 23.1. The number of amides is 1. The molecule has 0 radical (unpaired) electrons. The maximum atomic E-state index is 13.7. The molecule has 1 amide bonds. The number of hydrogen-bond donors (Lipinski definition) is 2. The monoisotopic (exact) mass is 359 g/mol. The van der Waals surface area contributed by atoms with Gasteiger partial charge >= 0.3 is 5.97 Å². The number of nitrogens with one attached hydrogen (secondary N) is 1. The lowest BCUT2D eigenvalue weighted by atomic mass is 10.2. The first-order valence-electron chi connectivity index (χ1n) is 7.37. The van der Waals surface area contributed by atoms with Gasteiger partial charge < -0.3 is 15.2 Å². The van der Waals surface area contributed by atoms with Gasteiger partial charge in [0.15, 0.2) is 9.84 Å². The number of benzene rings is 1. The number of carbonyl (C=O) groups is 2. The van der Waals surface area contributed by atoms with Crippen LogP contribution in [0, 0.1) is 5.82 Å². The van der Waals surface area contributed by atoms with Gasteiger partial charge in [-0.2, -0.15) is 0 Å². The van der Waals surface area contributed by atoms with E-state index in [-0.39, 0.29) is 11.3 Å². The zero-order valence-electron chi connectivity index (χ0n) is 13.0. The molecule has 0 aliphatic carbocycles. The molecular formula is C15H18FNO6S. The van der Waals surface area contributed by atoms with Gasteiger partial charge in [0.05, 0.1) is 16.5 Å². The second kappa shape index (κ2) is 7.27. The zero-order chi connectivity index (χ0) is 17.9. The first-order valence-corrected chi connectivity index (χ1v) is 8.98. The second-order valence-corrected chi connectivity index (χ2v) is 8.08. The molecule has 1 unspecified atom stereocenters. The lowest BCUT2D eigenvalue weighted by Gasteiger charge is -2.25. The first-order chi connectivity index (χ1) is 11.2. The van der Waals surface area contributed by atoms with Crippen LogP contribution in [0.4, 0.5) is 10.1 Å². The number of sulfone groups is 1. The van der Waals surface area contributed by atoms with Crippen LogP contribution in [0.2, 0.25) is 0 Å². The molecule has 1 aliphatic rings. The molecule has 2 rings (SSSR count). The van der Waals surface area contributed by atoms with Gasteiger partial charge in [-0.25, -0.2) is 17.6 Å². The third kappa shape index (κ3) is 3.90. The minimum Gasteiger partial charge on any atom is -0.478 e. The lowest BCUT2D eigenvalue weighted by molar-refractivity contribution is -0.115. The Bertz CT molecular complexity index is 742. The van der Waals surface area contributed by atoms with E-state index in [1.54, 1.807) is 0 Å². The van der Waals surface area contributed by atoms with Crippen molar-refractivity contribution in [1.82, 2.24) is 0 Å². The summed E-state index contributed by atoms with van der Waals surface area (Å²) in [5, 5.41) is 9.00. The Hall–Kier alpha value is -2.00. The summed E-state index contributed by atoms with van der Waals surface area (Å²) in [6.45, 7) is 1.86. The number of carboxylic acid groups (broad SMARTS) is 1. The van der Waals surface area contributed by atoms with Crippen molar-refractivity contribution in [3.8, 4) is 0 Å². The summed E-state index contributed by atoms with van der Waals surface area (Å²) in [5.74, 6) is -3.03. The molecule has 2 N–H and O–H groups in total. The van der Waals surface area contributed by atoms with E-state index in [9.17, 15) is 22.4 Å². The topological polar surface area (TPSA) is 110 Å². The first kappa shape index (κ1) is 18.3. The van der Waals surface area contributed by atoms with Crippen LogP contribution in [0.3, 0.4) is 0 Å². The Kier molecular flexibility index (Phi) is 5.55. The molecule has 1 atom stereocenters. The number of aromatic carboxylic acids is 1. The van der Waals surface area contributed by atoms with Crippen LogP contribution in [-0.2, 0) is 19.4 Å². The Morgan fingerprint density at radius 2 is 1.96 bits per heavy atom. The minimum atomic E-state index is -3.75. The average Bonchev–Trinajstić information content (AvgIpc) is 2.56. The van der Waals surface area contributed by atoms with E-state index >= 15 is 0 Å². The number of ether oxygens (including phenoxy) is 1. The Balaban J connectivity index is 2.17. The molecule has 1 fully saturated rings. The van der Waals surface area contributed by atoms with Crippen LogP contribution in [0.1, 0.15) is 30.1 Å². The van der Waals surface area contributed by atoms with E-state index in [2.05, 4.69) is 5.32 Å². The fraction of sp³-hybridized carbons (Fsp3) is 0.467. The molecule has 9 heteroatoms. The highest BCUT2D eigenvalue weighted by Gasteiger charge is 2.36. The third-order valence-electron chi connectivity index (χ3n) is 3.97. The summed E-state index contributed by atoms with van der Waals surface area (Å²) in [7, 11) is -3.75. The SMILES string of the molecule is CC(C(=O)Nc1cc(C(=O)O)ccc1F)S(=O)(=O)C1CCOCC1. The van der Waals surface area contributed by atoms with Gasteiger partial charge in [-0.1, -0.05) is 0 Å². The average molecular weight is 359 g/mol. The van der Waals surface area contributed by atoms with E-state index in [4.69, 9.17) is 9.84 Å². The number of rotatable bonds is 5. The van der Waals surface area contributed by atoms with Crippen molar-refractivity contribution in [3.63, 3.8) is 0 Å². The highest BCUT2D eigenvalue weighted by atomic mass is 32.2. The predicted octanol–water partition coefficient (Wildman–Crippen LogP) is 1.44. The summed E-state index contributed by atoms with van der Waals surface area (Å²) >= 11 is 0. The molecule has 132 valence electrons. The van der Waals surface area contributed by atoms with Gasteiger partial charge in [-0.3, -0.25) is 4.79 Å². The molecule has 1 heterocycles. The number of hydrogen-bond acceptors (Lipinski definition) is 5. The van der Waals surface area contributed by atoms with E-state index in [0.717, 1.165) is 18.2 Å². The number of anilines is 1.